The van der Waals surface area contributed by atoms with Crippen molar-refractivity contribution in [1.82, 2.24) is 20.0 Å². The molecule has 5 rings (SSSR count). The van der Waals surface area contributed by atoms with Crippen LogP contribution in [0, 0.1) is 0 Å². The Kier molecular flexibility index (Phi) is 5.20. The molecule has 28 heavy (non-hydrogen) atoms. The summed E-state index contributed by atoms with van der Waals surface area (Å²) in [6.45, 7) is 6.65. The first-order valence-corrected chi connectivity index (χ1v) is 10.6. The first-order chi connectivity index (χ1) is 13.8. The molecule has 2 aromatic rings. The van der Waals surface area contributed by atoms with E-state index < -0.39 is 0 Å². The Morgan fingerprint density at radius 2 is 2.04 bits per heavy atom. The molecule has 1 aromatic heterocycles. The Morgan fingerprint density at radius 1 is 1.18 bits per heavy atom. The number of aromatic amines is 1. The molecule has 3 heterocycles. The normalized spacial score (nSPS) is 29.1. The van der Waals surface area contributed by atoms with Crippen LogP contribution in [0.25, 0.3) is 0 Å². The van der Waals surface area contributed by atoms with E-state index in [1.165, 1.54) is 29.7 Å². The standard InChI is InChI=1S/C22H30N4O2/c27-22-19-6-2-1-4-16(19)12-20(22)26-7-3-5-17(15-26)21-18(13-23-24-21)14-25-8-10-28-11-9-25/h1-2,4,6,13,17,20,22,27H,3,5,7-12,14-15H2,(H,23,24). The number of aliphatic hydroxyl groups is 1. The minimum atomic E-state index is -0.371. The number of nitrogens with one attached hydrogen (secondary N) is 1. The van der Waals surface area contributed by atoms with Crippen LogP contribution in [0.1, 0.15) is 47.2 Å². The first-order valence-electron chi connectivity index (χ1n) is 10.6. The summed E-state index contributed by atoms with van der Waals surface area (Å²) in [5, 5.41) is 18.6. The van der Waals surface area contributed by atoms with Crippen molar-refractivity contribution in [1.29, 1.82) is 0 Å². The van der Waals surface area contributed by atoms with Crippen LogP contribution in [0.4, 0.5) is 0 Å². The monoisotopic (exact) mass is 382 g/mol. The van der Waals surface area contributed by atoms with Crippen molar-refractivity contribution >= 4 is 0 Å². The van der Waals surface area contributed by atoms with Crippen LogP contribution in [0.5, 0.6) is 0 Å². The number of fused-ring (bicyclic) bond motifs is 1. The van der Waals surface area contributed by atoms with Crippen molar-refractivity contribution in [3.05, 3.63) is 52.8 Å². The van der Waals surface area contributed by atoms with Crippen molar-refractivity contribution in [2.45, 2.75) is 43.9 Å². The largest absolute Gasteiger partial charge is 0.387 e. The minimum absolute atomic E-state index is 0.200. The number of ether oxygens (including phenoxy) is 1. The highest BCUT2D eigenvalue weighted by Crippen LogP contribution is 2.38. The third-order valence-corrected chi connectivity index (χ3v) is 6.75. The van der Waals surface area contributed by atoms with Gasteiger partial charge in [0.15, 0.2) is 0 Å². The number of aliphatic hydroxyl groups excluding tert-OH is 1. The molecule has 2 aliphatic heterocycles. The van der Waals surface area contributed by atoms with Crippen LogP contribution >= 0.6 is 0 Å². The summed E-state index contributed by atoms with van der Waals surface area (Å²) < 4.78 is 5.48. The maximum absolute atomic E-state index is 10.9. The molecular formula is C22H30N4O2. The number of hydrogen-bond acceptors (Lipinski definition) is 5. The highest BCUT2D eigenvalue weighted by atomic mass is 16.5. The summed E-state index contributed by atoms with van der Waals surface area (Å²) in [5.41, 5.74) is 5.03. The first kappa shape index (κ1) is 18.3. The second kappa shape index (κ2) is 7.95. The van der Waals surface area contributed by atoms with Gasteiger partial charge in [0.2, 0.25) is 0 Å². The lowest BCUT2D eigenvalue weighted by molar-refractivity contribution is 0.0334. The van der Waals surface area contributed by atoms with Crippen molar-refractivity contribution in [2.24, 2.45) is 0 Å². The number of piperidine rings is 1. The topological polar surface area (TPSA) is 64.6 Å². The maximum atomic E-state index is 10.9. The molecule has 6 nitrogen and oxygen atoms in total. The summed E-state index contributed by atoms with van der Waals surface area (Å²) in [6.07, 6.45) is 4.94. The van der Waals surface area contributed by atoms with Gasteiger partial charge in [-0.25, -0.2) is 0 Å². The third-order valence-electron chi connectivity index (χ3n) is 6.75. The molecule has 0 saturated carbocycles. The zero-order chi connectivity index (χ0) is 18.9. The van der Waals surface area contributed by atoms with E-state index in [2.05, 4.69) is 38.2 Å². The Morgan fingerprint density at radius 3 is 2.89 bits per heavy atom. The van der Waals surface area contributed by atoms with Crippen LogP contribution < -0.4 is 0 Å². The molecule has 3 unspecified atom stereocenters. The van der Waals surface area contributed by atoms with E-state index >= 15 is 0 Å². The fraction of sp³-hybridized carbons (Fsp3) is 0.591. The van der Waals surface area contributed by atoms with Gasteiger partial charge in [-0.2, -0.15) is 5.10 Å². The average Bonchev–Trinajstić information content (AvgIpc) is 3.34. The van der Waals surface area contributed by atoms with Gasteiger partial charge in [0.25, 0.3) is 0 Å². The predicted molar refractivity (Wildman–Crippen MR) is 107 cm³/mol. The number of hydrogen-bond donors (Lipinski definition) is 2. The molecule has 0 bridgehead atoms. The summed E-state index contributed by atoms with van der Waals surface area (Å²) in [6, 6.07) is 8.55. The average molecular weight is 383 g/mol. The Labute approximate surface area is 166 Å². The highest BCUT2D eigenvalue weighted by Gasteiger charge is 2.37. The number of nitrogens with zero attached hydrogens (tertiary/aromatic N) is 3. The third kappa shape index (κ3) is 3.50. The summed E-state index contributed by atoms with van der Waals surface area (Å²) in [4.78, 5) is 4.97. The van der Waals surface area contributed by atoms with E-state index in [9.17, 15) is 5.11 Å². The van der Waals surface area contributed by atoms with Crippen LogP contribution in [-0.2, 0) is 17.7 Å². The molecule has 3 aliphatic rings. The zero-order valence-corrected chi connectivity index (χ0v) is 16.4. The molecule has 2 fully saturated rings. The van der Waals surface area contributed by atoms with Crippen LogP contribution in [0.3, 0.4) is 0 Å². The van der Waals surface area contributed by atoms with Gasteiger partial charge < -0.3 is 9.84 Å². The molecule has 0 amide bonds. The van der Waals surface area contributed by atoms with Gasteiger partial charge >= 0.3 is 0 Å². The van der Waals surface area contributed by atoms with Gasteiger partial charge in [-0.15, -0.1) is 0 Å². The van der Waals surface area contributed by atoms with E-state index in [0.29, 0.717) is 5.92 Å². The van der Waals surface area contributed by atoms with Crippen molar-refractivity contribution in [3.63, 3.8) is 0 Å². The van der Waals surface area contributed by atoms with Crippen molar-refractivity contribution in [3.8, 4) is 0 Å². The molecule has 0 radical (unpaired) electrons. The summed E-state index contributed by atoms with van der Waals surface area (Å²) in [5.74, 6) is 0.461. The quantitative estimate of drug-likeness (QED) is 0.848. The molecule has 1 aliphatic carbocycles. The molecule has 0 spiro atoms. The van der Waals surface area contributed by atoms with Gasteiger partial charge in [-0.05, 0) is 36.9 Å². The molecule has 150 valence electrons. The molecule has 2 saturated heterocycles. The second-order valence-corrected chi connectivity index (χ2v) is 8.45. The van der Waals surface area contributed by atoms with Crippen LogP contribution in [-0.4, -0.2) is 70.5 Å². The molecular weight excluding hydrogens is 352 g/mol. The lowest BCUT2D eigenvalue weighted by Crippen LogP contribution is -2.44. The van der Waals surface area contributed by atoms with Gasteiger partial charge in [-0.3, -0.25) is 14.9 Å². The molecule has 1 aromatic carbocycles. The Hall–Kier alpha value is -1.73. The summed E-state index contributed by atoms with van der Waals surface area (Å²) >= 11 is 0. The van der Waals surface area contributed by atoms with E-state index in [0.717, 1.165) is 57.9 Å². The Bertz CT molecular complexity index is 801. The number of aromatic nitrogens is 2. The number of benzene rings is 1. The van der Waals surface area contributed by atoms with Gasteiger partial charge in [0, 0.05) is 49.4 Å². The SMILES string of the molecule is OC1c2ccccc2CC1N1CCCC(c2[nH]ncc2CN2CCOCC2)C1. The molecule has 2 N–H and O–H groups in total. The van der Waals surface area contributed by atoms with Gasteiger partial charge in [-0.1, -0.05) is 24.3 Å². The lowest BCUT2D eigenvalue weighted by Gasteiger charge is -2.38. The minimum Gasteiger partial charge on any atom is -0.387 e. The second-order valence-electron chi connectivity index (χ2n) is 8.45. The summed E-state index contributed by atoms with van der Waals surface area (Å²) in [7, 11) is 0. The Balaban J connectivity index is 1.29. The number of likely N-dealkylation sites (tertiary alicyclic amines) is 1. The zero-order valence-electron chi connectivity index (χ0n) is 16.4. The van der Waals surface area contributed by atoms with Gasteiger partial charge in [0.05, 0.1) is 25.5 Å². The smallest absolute Gasteiger partial charge is 0.0951 e. The van der Waals surface area contributed by atoms with Gasteiger partial charge in [0.1, 0.15) is 0 Å². The predicted octanol–water partition coefficient (Wildman–Crippen LogP) is 2.08. The molecule has 6 heteroatoms. The van der Waals surface area contributed by atoms with E-state index in [-0.39, 0.29) is 12.1 Å². The lowest BCUT2D eigenvalue weighted by atomic mass is 9.91. The maximum Gasteiger partial charge on any atom is 0.0951 e. The van der Waals surface area contributed by atoms with Crippen molar-refractivity contribution < 1.29 is 9.84 Å². The van der Waals surface area contributed by atoms with Crippen molar-refractivity contribution in [2.75, 3.05) is 39.4 Å². The number of rotatable bonds is 4. The van der Waals surface area contributed by atoms with E-state index in [1.54, 1.807) is 0 Å². The molecule has 3 atom stereocenters. The fourth-order valence-corrected chi connectivity index (χ4v) is 5.23. The number of H-pyrrole nitrogens is 1. The van der Waals surface area contributed by atoms with Crippen LogP contribution in [0.2, 0.25) is 0 Å². The fourth-order valence-electron chi connectivity index (χ4n) is 5.23. The number of morpholine rings is 1. The van der Waals surface area contributed by atoms with E-state index in [1.807, 2.05) is 12.3 Å². The van der Waals surface area contributed by atoms with E-state index in [4.69, 9.17) is 4.74 Å². The highest BCUT2D eigenvalue weighted by molar-refractivity contribution is 5.36. The van der Waals surface area contributed by atoms with Crippen LogP contribution in [0.15, 0.2) is 30.5 Å².